The van der Waals surface area contributed by atoms with Gasteiger partial charge in [0.05, 0.1) is 0 Å². The average molecular weight is 332 g/mol. The highest BCUT2D eigenvalue weighted by Gasteiger charge is 2.44. The summed E-state index contributed by atoms with van der Waals surface area (Å²) in [5.41, 5.74) is 1.06. The Hall–Kier alpha value is -2.21. The topological polar surface area (TPSA) is 32.7 Å². The van der Waals surface area contributed by atoms with Gasteiger partial charge >= 0.3 is 0 Å². The molecular formula is C17H14F2N2OS. The van der Waals surface area contributed by atoms with Crippen molar-refractivity contribution in [3.8, 4) is 0 Å². The molecule has 1 heterocycles. The molecular weight excluding hydrogens is 318 g/mol. The molecule has 1 atom stereocenters. The Bertz CT molecular complexity index is 794. The van der Waals surface area contributed by atoms with Crippen LogP contribution in [0.2, 0.25) is 0 Å². The van der Waals surface area contributed by atoms with Gasteiger partial charge in [-0.15, -0.1) is 0 Å². The Morgan fingerprint density at radius 1 is 1.17 bits per heavy atom. The molecule has 3 rings (SSSR count). The highest BCUT2D eigenvalue weighted by Crippen LogP contribution is 2.47. The molecule has 23 heavy (non-hydrogen) atoms. The fourth-order valence-electron chi connectivity index (χ4n) is 2.51. The lowest BCUT2D eigenvalue weighted by molar-refractivity contribution is -0.131. The fourth-order valence-corrected chi connectivity index (χ4v) is 3.79. The van der Waals surface area contributed by atoms with Gasteiger partial charge in [0.1, 0.15) is 21.5 Å². The van der Waals surface area contributed by atoms with Crippen LogP contribution in [0.15, 0.2) is 53.6 Å². The number of rotatable bonds is 2. The van der Waals surface area contributed by atoms with Crippen molar-refractivity contribution in [1.29, 1.82) is 0 Å². The van der Waals surface area contributed by atoms with E-state index in [2.05, 4.69) is 5.10 Å². The van der Waals surface area contributed by atoms with E-state index >= 15 is 0 Å². The summed E-state index contributed by atoms with van der Waals surface area (Å²) in [4.78, 5) is 11.2. The molecule has 0 aliphatic carbocycles. The number of thioether (sulfide) groups is 1. The second kappa shape index (κ2) is 5.77. The van der Waals surface area contributed by atoms with E-state index in [0.29, 0.717) is 5.04 Å². The lowest BCUT2D eigenvalue weighted by Gasteiger charge is -2.31. The molecule has 0 fully saturated rings. The van der Waals surface area contributed by atoms with Gasteiger partial charge in [0, 0.05) is 18.6 Å². The van der Waals surface area contributed by atoms with Crippen LogP contribution in [-0.4, -0.2) is 16.0 Å². The SMILES string of the molecule is CC(=O)N1N=C(c2ccc(F)cc2F)SC1(C)c1ccccc1. The van der Waals surface area contributed by atoms with Crippen LogP contribution in [0.5, 0.6) is 0 Å². The highest BCUT2D eigenvalue weighted by atomic mass is 32.2. The molecule has 1 unspecified atom stereocenters. The van der Waals surface area contributed by atoms with Gasteiger partial charge in [0.15, 0.2) is 0 Å². The third kappa shape index (κ3) is 2.74. The summed E-state index contributed by atoms with van der Waals surface area (Å²) in [5, 5.41) is 5.97. The zero-order valence-corrected chi connectivity index (χ0v) is 13.4. The molecule has 2 aromatic carbocycles. The number of carbonyl (C=O) groups excluding carboxylic acids is 1. The third-order valence-corrected chi connectivity index (χ3v) is 4.96. The largest absolute Gasteiger partial charge is 0.273 e. The van der Waals surface area contributed by atoms with Crippen LogP contribution in [0.3, 0.4) is 0 Å². The van der Waals surface area contributed by atoms with E-state index < -0.39 is 16.5 Å². The van der Waals surface area contributed by atoms with Crippen molar-refractivity contribution < 1.29 is 13.6 Å². The zero-order chi connectivity index (χ0) is 16.6. The Labute approximate surface area is 137 Å². The molecule has 0 N–H and O–H groups in total. The molecule has 3 nitrogen and oxygen atoms in total. The van der Waals surface area contributed by atoms with Gasteiger partial charge in [-0.25, -0.2) is 13.8 Å². The highest BCUT2D eigenvalue weighted by molar-refractivity contribution is 8.15. The predicted octanol–water partition coefficient (Wildman–Crippen LogP) is 4.09. The predicted molar refractivity (Wildman–Crippen MR) is 86.8 cm³/mol. The minimum Gasteiger partial charge on any atom is -0.273 e. The van der Waals surface area contributed by atoms with E-state index in [1.165, 1.54) is 35.8 Å². The monoisotopic (exact) mass is 332 g/mol. The molecule has 0 bridgehead atoms. The van der Waals surface area contributed by atoms with Gasteiger partial charge in [0.2, 0.25) is 5.91 Å². The van der Waals surface area contributed by atoms with Crippen molar-refractivity contribution in [1.82, 2.24) is 5.01 Å². The van der Waals surface area contributed by atoms with Gasteiger partial charge < -0.3 is 0 Å². The molecule has 1 amide bonds. The summed E-state index contributed by atoms with van der Waals surface area (Å²) in [6.45, 7) is 3.27. The first-order valence-corrected chi connectivity index (χ1v) is 7.83. The molecule has 1 aliphatic rings. The minimum atomic E-state index is -0.775. The van der Waals surface area contributed by atoms with E-state index in [9.17, 15) is 13.6 Å². The van der Waals surface area contributed by atoms with Crippen LogP contribution in [0, 0.1) is 11.6 Å². The standard InChI is InChI=1S/C17H14F2N2OS/c1-11(22)21-17(2,12-6-4-3-5-7-12)23-16(20-21)14-9-8-13(18)10-15(14)19/h3-10H,1-2H3. The number of benzene rings is 2. The summed E-state index contributed by atoms with van der Waals surface area (Å²) in [7, 11) is 0. The van der Waals surface area contributed by atoms with Crippen LogP contribution >= 0.6 is 11.8 Å². The van der Waals surface area contributed by atoms with Crippen LogP contribution < -0.4 is 0 Å². The van der Waals surface area contributed by atoms with Crippen molar-refractivity contribution in [3.63, 3.8) is 0 Å². The Kier molecular flexibility index (Phi) is 3.93. The maximum Gasteiger partial charge on any atom is 0.241 e. The van der Waals surface area contributed by atoms with Gasteiger partial charge in [0.25, 0.3) is 0 Å². The number of amides is 1. The maximum atomic E-state index is 14.0. The molecule has 0 saturated carbocycles. The number of nitrogens with zero attached hydrogens (tertiary/aromatic N) is 2. The Morgan fingerprint density at radius 3 is 2.48 bits per heavy atom. The second-order valence-corrected chi connectivity index (χ2v) is 6.70. The number of hydrazone groups is 1. The van der Waals surface area contributed by atoms with E-state index in [0.717, 1.165) is 11.6 Å². The van der Waals surface area contributed by atoms with Gasteiger partial charge in [-0.2, -0.15) is 5.10 Å². The van der Waals surface area contributed by atoms with E-state index in [1.54, 1.807) is 0 Å². The smallest absolute Gasteiger partial charge is 0.241 e. The van der Waals surface area contributed by atoms with E-state index in [4.69, 9.17) is 0 Å². The van der Waals surface area contributed by atoms with Crippen LogP contribution in [0.1, 0.15) is 25.0 Å². The Morgan fingerprint density at radius 2 is 1.87 bits per heavy atom. The molecule has 6 heteroatoms. The van der Waals surface area contributed by atoms with Crippen molar-refractivity contribution >= 4 is 22.7 Å². The number of carbonyl (C=O) groups is 1. The Balaban J connectivity index is 2.06. The van der Waals surface area contributed by atoms with E-state index in [1.807, 2.05) is 37.3 Å². The van der Waals surface area contributed by atoms with Crippen LogP contribution in [0.4, 0.5) is 8.78 Å². The van der Waals surface area contributed by atoms with Gasteiger partial charge in [-0.1, -0.05) is 42.1 Å². The van der Waals surface area contributed by atoms with E-state index in [-0.39, 0.29) is 11.5 Å². The molecule has 118 valence electrons. The van der Waals surface area contributed by atoms with Crippen LogP contribution in [-0.2, 0) is 9.67 Å². The molecule has 0 saturated heterocycles. The average Bonchev–Trinajstić information content (AvgIpc) is 2.87. The van der Waals surface area contributed by atoms with Crippen LogP contribution in [0.25, 0.3) is 0 Å². The molecule has 0 spiro atoms. The summed E-state index contributed by atoms with van der Waals surface area (Å²) >= 11 is 1.27. The molecule has 2 aromatic rings. The molecule has 1 aliphatic heterocycles. The number of hydrogen-bond donors (Lipinski definition) is 0. The van der Waals surface area contributed by atoms with Crippen molar-refractivity contribution in [2.45, 2.75) is 18.7 Å². The maximum absolute atomic E-state index is 14.0. The summed E-state index contributed by atoms with van der Waals surface area (Å²) in [6, 6.07) is 12.7. The number of hydrogen-bond acceptors (Lipinski definition) is 3. The zero-order valence-electron chi connectivity index (χ0n) is 12.6. The van der Waals surface area contributed by atoms with Crippen molar-refractivity contribution in [2.24, 2.45) is 5.10 Å². The summed E-state index contributed by atoms with van der Waals surface area (Å²) < 4.78 is 27.2. The second-order valence-electron chi connectivity index (χ2n) is 5.31. The van der Waals surface area contributed by atoms with Gasteiger partial charge in [-0.05, 0) is 24.6 Å². The molecule has 0 radical (unpaired) electrons. The third-order valence-electron chi connectivity index (χ3n) is 3.66. The number of halogens is 2. The first kappa shape index (κ1) is 15.7. The first-order valence-electron chi connectivity index (χ1n) is 7.01. The fraction of sp³-hybridized carbons (Fsp3) is 0.176. The van der Waals surface area contributed by atoms with Gasteiger partial charge in [-0.3, -0.25) is 4.79 Å². The van der Waals surface area contributed by atoms with Crippen molar-refractivity contribution in [3.05, 3.63) is 71.3 Å². The summed E-state index contributed by atoms with van der Waals surface area (Å²) in [6.07, 6.45) is 0. The summed E-state index contributed by atoms with van der Waals surface area (Å²) in [5.74, 6) is -1.59. The lowest BCUT2D eigenvalue weighted by Crippen LogP contribution is -2.37. The van der Waals surface area contributed by atoms with Crippen molar-refractivity contribution in [2.75, 3.05) is 0 Å². The normalized spacial score (nSPS) is 20.5. The first-order chi connectivity index (χ1) is 10.9. The molecule has 0 aromatic heterocycles. The minimum absolute atomic E-state index is 0.183. The quantitative estimate of drug-likeness (QED) is 0.829. The lowest BCUT2D eigenvalue weighted by atomic mass is 10.1.